The topological polar surface area (TPSA) is 69.0 Å². The number of rotatable bonds is 7. The summed E-state index contributed by atoms with van der Waals surface area (Å²) in [7, 11) is 0. The molecular formula is C11H24N2O3. The number of hydrogen-bond donors (Lipinski definition) is 2. The van der Waals surface area contributed by atoms with Gasteiger partial charge in [0.2, 0.25) is 0 Å². The quantitative estimate of drug-likeness (QED) is 0.623. The van der Waals surface area contributed by atoms with E-state index in [2.05, 4.69) is 5.32 Å². The summed E-state index contributed by atoms with van der Waals surface area (Å²) in [4.78, 5) is 0. The minimum atomic E-state index is -0.181. The van der Waals surface area contributed by atoms with Crippen LogP contribution in [-0.2, 0) is 14.2 Å². The van der Waals surface area contributed by atoms with Gasteiger partial charge in [-0.1, -0.05) is 0 Å². The van der Waals surface area contributed by atoms with E-state index in [1.807, 2.05) is 27.7 Å². The van der Waals surface area contributed by atoms with Crippen molar-refractivity contribution in [3.63, 3.8) is 0 Å². The smallest absolute Gasteiger partial charge is 0.200 e. The monoisotopic (exact) mass is 232 g/mol. The van der Waals surface area contributed by atoms with Gasteiger partial charge in [0, 0.05) is 19.2 Å². The zero-order valence-corrected chi connectivity index (χ0v) is 10.7. The van der Waals surface area contributed by atoms with Gasteiger partial charge in [-0.15, -0.1) is 0 Å². The average Bonchev–Trinajstić information content (AvgIpc) is 2.87. The van der Waals surface area contributed by atoms with Crippen LogP contribution in [0.4, 0.5) is 0 Å². The van der Waals surface area contributed by atoms with Crippen LogP contribution in [0.15, 0.2) is 0 Å². The molecule has 5 nitrogen and oxygen atoms in total. The maximum absolute atomic E-state index is 5.64. The van der Waals surface area contributed by atoms with Crippen molar-refractivity contribution < 1.29 is 14.2 Å². The summed E-state index contributed by atoms with van der Waals surface area (Å²) in [6, 6.07) is 0.124. The third kappa shape index (κ3) is 5.23. The van der Waals surface area contributed by atoms with Crippen molar-refractivity contribution in [2.24, 2.45) is 5.73 Å². The van der Waals surface area contributed by atoms with Crippen LogP contribution in [0.2, 0.25) is 0 Å². The molecule has 1 aliphatic rings. The Hall–Kier alpha value is -0.200. The second-order valence-corrected chi connectivity index (χ2v) is 4.91. The molecule has 16 heavy (non-hydrogen) atoms. The SMILES string of the molecule is CCOCC(CN)NC1OC1OC(C)(C)C. The molecule has 96 valence electrons. The highest BCUT2D eigenvalue weighted by atomic mass is 16.8. The Morgan fingerprint density at radius 2 is 2.12 bits per heavy atom. The van der Waals surface area contributed by atoms with Crippen LogP contribution in [0, 0.1) is 0 Å². The molecule has 1 fully saturated rings. The minimum Gasteiger partial charge on any atom is -0.380 e. The standard InChI is InChI=1S/C11H24N2O3/c1-5-14-7-8(6-12)13-9-10(15-9)16-11(2,3)4/h8-10,13H,5-7,12H2,1-4H3. The van der Waals surface area contributed by atoms with Crippen LogP contribution >= 0.6 is 0 Å². The predicted octanol–water partition coefficient (Wildman–Crippen LogP) is 0.437. The Morgan fingerprint density at radius 3 is 2.62 bits per heavy atom. The highest BCUT2D eigenvalue weighted by Gasteiger charge is 2.43. The Morgan fingerprint density at radius 1 is 1.44 bits per heavy atom. The number of hydrogen-bond acceptors (Lipinski definition) is 5. The fraction of sp³-hybridized carbons (Fsp3) is 1.00. The van der Waals surface area contributed by atoms with Crippen molar-refractivity contribution in [3.05, 3.63) is 0 Å². The molecule has 3 N–H and O–H groups in total. The van der Waals surface area contributed by atoms with E-state index in [1.54, 1.807) is 0 Å². The predicted molar refractivity (Wildman–Crippen MR) is 62.0 cm³/mol. The van der Waals surface area contributed by atoms with E-state index in [-0.39, 0.29) is 24.2 Å². The summed E-state index contributed by atoms with van der Waals surface area (Å²) < 4.78 is 16.3. The van der Waals surface area contributed by atoms with Crippen LogP contribution in [-0.4, -0.2) is 43.9 Å². The van der Waals surface area contributed by atoms with Crippen molar-refractivity contribution in [1.82, 2.24) is 5.32 Å². The number of epoxide rings is 1. The van der Waals surface area contributed by atoms with Gasteiger partial charge < -0.3 is 19.9 Å². The van der Waals surface area contributed by atoms with Crippen LogP contribution in [0.5, 0.6) is 0 Å². The van der Waals surface area contributed by atoms with Crippen LogP contribution in [0.3, 0.4) is 0 Å². The Labute approximate surface area is 97.6 Å². The summed E-state index contributed by atoms with van der Waals surface area (Å²) >= 11 is 0. The zero-order valence-electron chi connectivity index (χ0n) is 10.7. The van der Waals surface area contributed by atoms with Gasteiger partial charge in [-0.05, 0) is 27.7 Å². The van der Waals surface area contributed by atoms with Gasteiger partial charge in [0.15, 0.2) is 12.5 Å². The van der Waals surface area contributed by atoms with Crippen molar-refractivity contribution in [2.45, 2.75) is 51.9 Å². The molecule has 0 aromatic rings. The van der Waals surface area contributed by atoms with Gasteiger partial charge in [-0.3, -0.25) is 5.32 Å². The molecule has 3 atom stereocenters. The summed E-state index contributed by atoms with van der Waals surface area (Å²) in [6.45, 7) is 9.82. The normalized spacial score (nSPS) is 26.8. The summed E-state index contributed by atoms with van der Waals surface area (Å²) in [5.74, 6) is 0. The molecule has 0 spiro atoms. The Kier molecular flexibility index (Phi) is 5.14. The van der Waals surface area contributed by atoms with E-state index in [1.165, 1.54) is 0 Å². The first-order valence-corrected chi connectivity index (χ1v) is 5.83. The lowest BCUT2D eigenvalue weighted by Gasteiger charge is -2.18. The molecule has 5 heteroatoms. The average molecular weight is 232 g/mol. The van der Waals surface area contributed by atoms with Gasteiger partial charge >= 0.3 is 0 Å². The van der Waals surface area contributed by atoms with Crippen LogP contribution < -0.4 is 11.1 Å². The molecule has 1 saturated heterocycles. The molecule has 0 radical (unpaired) electrons. The third-order valence-electron chi connectivity index (χ3n) is 2.13. The zero-order chi connectivity index (χ0) is 12.2. The third-order valence-corrected chi connectivity index (χ3v) is 2.13. The van der Waals surface area contributed by atoms with Crippen LogP contribution in [0.25, 0.3) is 0 Å². The Bertz CT molecular complexity index is 206. The van der Waals surface area contributed by atoms with Gasteiger partial charge in [0.25, 0.3) is 0 Å². The fourth-order valence-electron chi connectivity index (χ4n) is 1.33. The van der Waals surface area contributed by atoms with E-state index in [0.717, 1.165) is 0 Å². The first kappa shape index (κ1) is 13.9. The Balaban J connectivity index is 2.19. The summed E-state index contributed by atoms with van der Waals surface area (Å²) in [6.07, 6.45) is -0.205. The van der Waals surface area contributed by atoms with E-state index < -0.39 is 0 Å². The van der Waals surface area contributed by atoms with Gasteiger partial charge in [0.05, 0.1) is 12.2 Å². The molecule has 0 saturated carbocycles. The molecule has 0 amide bonds. The van der Waals surface area contributed by atoms with Crippen molar-refractivity contribution in [1.29, 1.82) is 0 Å². The number of ether oxygens (including phenoxy) is 3. The molecule has 1 aliphatic heterocycles. The molecule has 3 unspecified atom stereocenters. The second-order valence-electron chi connectivity index (χ2n) is 4.91. The summed E-state index contributed by atoms with van der Waals surface area (Å²) in [5, 5.41) is 3.25. The number of nitrogens with two attached hydrogens (primary N) is 1. The minimum absolute atomic E-state index is 0.0479. The van der Waals surface area contributed by atoms with Crippen molar-refractivity contribution in [2.75, 3.05) is 19.8 Å². The van der Waals surface area contributed by atoms with Crippen LogP contribution in [0.1, 0.15) is 27.7 Å². The maximum atomic E-state index is 5.64. The number of nitrogens with one attached hydrogen (secondary N) is 1. The van der Waals surface area contributed by atoms with Gasteiger partial charge in [-0.2, -0.15) is 0 Å². The molecule has 0 bridgehead atoms. The molecule has 1 heterocycles. The van der Waals surface area contributed by atoms with E-state index in [0.29, 0.717) is 19.8 Å². The van der Waals surface area contributed by atoms with Gasteiger partial charge in [-0.25, -0.2) is 0 Å². The molecule has 0 aromatic carbocycles. The first-order valence-electron chi connectivity index (χ1n) is 5.83. The lowest BCUT2D eigenvalue weighted by Crippen LogP contribution is -2.42. The molecule has 0 aliphatic carbocycles. The fourth-order valence-corrected chi connectivity index (χ4v) is 1.33. The van der Waals surface area contributed by atoms with Crippen molar-refractivity contribution in [3.8, 4) is 0 Å². The maximum Gasteiger partial charge on any atom is 0.200 e. The first-order chi connectivity index (χ1) is 7.46. The van der Waals surface area contributed by atoms with Gasteiger partial charge in [0.1, 0.15) is 0 Å². The lowest BCUT2D eigenvalue weighted by atomic mass is 10.2. The highest BCUT2D eigenvalue weighted by molar-refractivity contribution is 4.82. The molecular weight excluding hydrogens is 208 g/mol. The van der Waals surface area contributed by atoms with Crippen molar-refractivity contribution >= 4 is 0 Å². The van der Waals surface area contributed by atoms with E-state index in [4.69, 9.17) is 19.9 Å². The lowest BCUT2D eigenvalue weighted by molar-refractivity contribution is -0.0571. The molecule has 0 aromatic heterocycles. The largest absolute Gasteiger partial charge is 0.380 e. The molecule has 1 rings (SSSR count). The highest BCUT2D eigenvalue weighted by Crippen LogP contribution is 2.26. The van der Waals surface area contributed by atoms with E-state index in [9.17, 15) is 0 Å². The second kappa shape index (κ2) is 5.93. The summed E-state index contributed by atoms with van der Waals surface area (Å²) in [5.41, 5.74) is 5.44. The van der Waals surface area contributed by atoms with E-state index >= 15 is 0 Å².